The lowest BCUT2D eigenvalue weighted by Gasteiger charge is -2.16. The summed E-state index contributed by atoms with van der Waals surface area (Å²) in [5.41, 5.74) is 0.839. The summed E-state index contributed by atoms with van der Waals surface area (Å²) in [7, 11) is 0. The summed E-state index contributed by atoms with van der Waals surface area (Å²) in [6.45, 7) is 8.50. The minimum Gasteiger partial charge on any atom is -0.425 e. The molecular weight excluding hydrogens is 280 g/mol. The van der Waals surface area contributed by atoms with Gasteiger partial charge in [-0.3, -0.25) is 9.69 Å². The molecule has 1 amide bonds. The van der Waals surface area contributed by atoms with Crippen molar-refractivity contribution >= 4 is 35.1 Å². The number of nitrogens with zero attached hydrogens (tertiary/aromatic N) is 2. The van der Waals surface area contributed by atoms with Crippen LogP contribution in [0.5, 0.6) is 0 Å². The highest BCUT2D eigenvalue weighted by Gasteiger charge is 2.33. The maximum Gasteiger partial charge on any atom is 0.297 e. The fourth-order valence-electron chi connectivity index (χ4n) is 2.07. The molecule has 0 aromatic rings. The summed E-state index contributed by atoms with van der Waals surface area (Å²) in [5, 5.41) is 1.46. The number of carbonyl (C=O) groups excluding carboxylic acids is 1. The highest BCUT2D eigenvalue weighted by Crippen LogP contribution is 2.30. The Labute approximate surface area is 123 Å². The summed E-state index contributed by atoms with van der Waals surface area (Å²) < 4.78 is 5.43. The third-order valence-corrected chi connectivity index (χ3v) is 4.53. The summed E-state index contributed by atoms with van der Waals surface area (Å²) in [6, 6.07) is 0. The zero-order valence-electron chi connectivity index (χ0n) is 11.4. The number of hydrogen-bond acceptors (Lipinski definition) is 5. The van der Waals surface area contributed by atoms with E-state index in [1.807, 2.05) is 31.7 Å². The molecule has 2 aliphatic heterocycles. The average molecular weight is 298 g/mol. The highest BCUT2D eigenvalue weighted by atomic mass is 32.2. The quantitative estimate of drug-likeness (QED) is 0.590. The van der Waals surface area contributed by atoms with Crippen molar-refractivity contribution in [1.82, 2.24) is 9.80 Å². The van der Waals surface area contributed by atoms with Crippen LogP contribution < -0.4 is 0 Å². The van der Waals surface area contributed by atoms with Gasteiger partial charge in [-0.15, -0.1) is 11.8 Å². The average Bonchev–Trinajstić information content (AvgIpc) is 2.94. The highest BCUT2D eigenvalue weighted by molar-refractivity contribution is 8.03. The molecule has 0 N–H and O–H groups in total. The molecule has 0 unspecified atom stereocenters. The van der Waals surface area contributed by atoms with Crippen LogP contribution in [0.2, 0.25) is 0 Å². The molecule has 0 aromatic heterocycles. The number of ether oxygens (including phenoxy) is 1. The minimum atomic E-state index is -0.132. The molecule has 6 heteroatoms. The van der Waals surface area contributed by atoms with E-state index in [4.69, 9.17) is 17.0 Å². The Hall–Kier alpha value is -1.01. The Morgan fingerprint density at radius 3 is 2.79 bits per heavy atom. The second-order valence-electron chi connectivity index (χ2n) is 4.34. The summed E-state index contributed by atoms with van der Waals surface area (Å²) in [5.74, 6) is 1.33. The molecule has 0 radical (unpaired) electrons. The van der Waals surface area contributed by atoms with Crippen LogP contribution in [0.4, 0.5) is 0 Å². The summed E-state index contributed by atoms with van der Waals surface area (Å²) in [6.07, 6.45) is 2.02. The Morgan fingerprint density at radius 1 is 1.47 bits per heavy atom. The lowest BCUT2D eigenvalue weighted by molar-refractivity contribution is -0.122. The van der Waals surface area contributed by atoms with Crippen LogP contribution in [0, 0.1) is 0 Å². The standard InChI is InChI=1S/C13H18N2O2S2/c1-4-14-6-7-19-10(14)8-9(3)11-12(16)15(5-2)13(18)17-11/h8H,4-7H2,1-3H3/b10-8-,11-9+. The van der Waals surface area contributed by atoms with Crippen molar-refractivity contribution in [3.05, 3.63) is 22.4 Å². The normalized spacial score (nSPS) is 24.5. The molecule has 0 bridgehead atoms. The van der Waals surface area contributed by atoms with Crippen molar-refractivity contribution in [3.8, 4) is 0 Å². The van der Waals surface area contributed by atoms with Gasteiger partial charge in [0.2, 0.25) is 0 Å². The Morgan fingerprint density at radius 2 is 2.21 bits per heavy atom. The number of thiocarbonyl (C=S) groups is 1. The SMILES string of the molecule is CCN1C(=O)/C(=C(C)\C=C2/SCCN2CC)OC1=S. The zero-order chi connectivity index (χ0) is 14.0. The monoisotopic (exact) mass is 298 g/mol. The maximum absolute atomic E-state index is 12.1. The van der Waals surface area contributed by atoms with Gasteiger partial charge in [-0.25, -0.2) is 0 Å². The van der Waals surface area contributed by atoms with Gasteiger partial charge in [0.25, 0.3) is 11.1 Å². The fourth-order valence-corrected chi connectivity index (χ4v) is 3.55. The van der Waals surface area contributed by atoms with E-state index in [1.165, 1.54) is 9.93 Å². The summed E-state index contributed by atoms with van der Waals surface area (Å²) >= 11 is 6.86. The van der Waals surface area contributed by atoms with Crippen molar-refractivity contribution in [2.24, 2.45) is 0 Å². The van der Waals surface area contributed by atoms with E-state index >= 15 is 0 Å². The van der Waals surface area contributed by atoms with Gasteiger partial charge in [-0.2, -0.15) is 0 Å². The van der Waals surface area contributed by atoms with Crippen molar-refractivity contribution in [1.29, 1.82) is 0 Å². The van der Waals surface area contributed by atoms with E-state index in [-0.39, 0.29) is 11.1 Å². The second-order valence-corrected chi connectivity index (χ2v) is 5.80. The molecule has 0 aromatic carbocycles. The van der Waals surface area contributed by atoms with Gasteiger partial charge >= 0.3 is 0 Å². The first-order valence-corrected chi connectivity index (χ1v) is 7.81. The van der Waals surface area contributed by atoms with E-state index in [2.05, 4.69) is 11.8 Å². The molecule has 104 valence electrons. The van der Waals surface area contributed by atoms with Crippen molar-refractivity contribution < 1.29 is 9.53 Å². The van der Waals surface area contributed by atoms with Crippen molar-refractivity contribution in [3.63, 3.8) is 0 Å². The molecule has 4 nitrogen and oxygen atoms in total. The molecule has 2 fully saturated rings. The predicted molar refractivity (Wildman–Crippen MR) is 81.6 cm³/mol. The Bertz CT molecular complexity index is 471. The van der Waals surface area contributed by atoms with Crippen molar-refractivity contribution in [2.45, 2.75) is 20.8 Å². The van der Waals surface area contributed by atoms with Gasteiger partial charge in [0.1, 0.15) is 0 Å². The molecule has 0 aliphatic carbocycles. The number of amides is 1. The first kappa shape index (κ1) is 14.4. The molecule has 2 heterocycles. The molecule has 0 saturated carbocycles. The first-order valence-electron chi connectivity index (χ1n) is 6.42. The number of carbonyl (C=O) groups is 1. The minimum absolute atomic E-state index is 0.132. The molecule has 19 heavy (non-hydrogen) atoms. The van der Waals surface area contributed by atoms with E-state index in [1.54, 1.807) is 0 Å². The number of likely N-dealkylation sites (N-methyl/N-ethyl adjacent to an activating group) is 1. The maximum atomic E-state index is 12.1. The molecule has 2 saturated heterocycles. The van der Waals surface area contributed by atoms with Crippen LogP contribution >= 0.6 is 24.0 Å². The van der Waals surface area contributed by atoms with Crippen LogP contribution in [-0.2, 0) is 9.53 Å². The van der Waals surface area contributed by atoms with E-state index in [0.717, 1.165) is 24.4 Å². The molecule has 2 aliphatic rings. The van der Waals surface area contributed by atoms with E-state index in [0.29, 0.717) is 12.3 Å². The number of rotatable bonds is 3. The van der Waals surface area contributed by atoms with Gasteiger partial charge in [-0.1, -0.05) is 0 Å². The predicted octanol–water partition coefficient (Wildman–Crippen LogP) is 2.33. The lowest BCUT2D eigenvalue weighted by Crippen LogP contribution is -2.28. The van der Waals surface area contributed by atoms with Crippen molar-refractivity contribution in [2.75, 3.05) is 25.4 Å². The Kier molecular flexibility index (Phi) is 4.52. The van der Waals surface area contributed by atoms with Gasteiger partial charge in [-0.05, 0) is 39.1 Å². The van der Waals surface area contributed by atoms with Gasteiger partial charge in [0, 0.05) is 31.0 Å². The smallest absolute Gasteiger partial charge is 0.297 e. The van der Waals surface area contributed by atoms with E-state index in [9.17, 15) is 4.79 Å². The molecule has 0 atom stereocenters. The van der Waals surface area contributed by atoms with Crippen LogP contribution in [0.15, 0.2) is 22.4 Å². The van der Waals surface area contributed by atoms with Gasteiger partial charge in [0.05, 0.1) is 5.03 Å². The number of hydrogen-bond donors (Lipinski definition) is 0. The third kappa shape index (κ3) is 2.79. The molecule has 2 rings (SSSR count). The van der Waals surface area contributed by atoms with Gasteiger partial charge in [0.15, 0.2) is 5.76 Å². The first-order chi connectivity index (χ1) is 9.08. The summed E-state index contributed by atoms with van der Waals surface area (Å²) in [4.78, 5) is 15.9. The molecular formula is C13H18N2O2S2. The van der Waals surface area contributed by atoms with Crippen LogP contribution in [0.3, 0.4) is 0 Å². The Balaban J connectivity index is 2.26. The van der Waals surface area contributed by atoms with Gasteiger partial charge < -0.3 is 9.64 Å². The van der Waals surface area contributed by atoms with Crippen LogP contribution in [0.25, 0.3) is 0 Å². The largest absolute Gasteiger partial charge is 0.425 e. The van der Waals surface area contributed by atoms with E-state index < -0.39 is 0 Å². The number of thioether (sulfide) groups is 1. The zero-order valence-corrected chi connectivity index (χ0v) is 13.1. The van der Waals surface area contributed by atoms with Crippen LogP contribution in [-0.4, -0.2) is 46.3 Å². The topological polar surface area (TPSA) is 32.8 Å². The van der Waals surface area contributed by atoms with Crippen LogP contribution in [0.1, 0.15) is 20.8 Å². The molecule has 0 spiro atoms. The number of allylic oxidation sites excluding steroid dienone is 2. The lowest BCUT2D eigenvalue weighted by atomic mass is 10.2. The fraction of sp³-hybridized carbons (Fsp3) is 0.538. The second kappa shape index (κ2) is 5.96. The third-order valence-electron chi connectivity index (χ3n) is 3.17.